The molecule has 2 rings (SSSR count). The van der Waals surface area contributed by atoms with Gasteiger partial charge in [0.15, 0.2) is 11.5 Å². The van der Waals surface area contributed by atoms with Gasteiger partial charge in [0.05, 0.1) is 17.0 Å². The van der Waals surface area contributed by atoms with Gasteiger partial charge in [0, 0.05) is 6.54 Å². The Labute approximate surface area is 148 Å². The number of carbonyl (C=O) groups excluding carboxylic acids is 1. The van der Waals surface area contributed by atoms with Crippen molar-refractivity contribution in [3.05, 3.63) is 22.7 Å². The normalized spacial score (nSPS) is 13.2. The number of hydrogen-bond donors (Lipinski definition) is 2. The van der Waals surface area contributed by atoms with Gasteiger partial charge in [-0.3, -0.25) is 4.79 Å². The second-order valence-corrected chi connectivity index (χ2v) is 5.93. The van der Waals surface area contributed by atoms with Crippen molar-refractivity contribution in [1.82, 2.24) is 5.32 Å². The number of benzene rings is 1. The van der Waals surface area contributed by atoms with Crippen LogP contribution in [0.5, 0.6) is 11.5 Å². The molecule has 0 aliphatic carbocycles. The van der Waals surface area contributed by atoms with Crippen molar-refractivity contribution < 1.29 is 14.3 Å². The quantitative estimate of drug-likeness (QED) is 0.815. The van der Waals surface area contributed by atoms with E-state index >= 15 is 0 Å². The van der Waals surface area contributed by atoms with Gasteiger partial charge in [-0.25, -0.2) is 0 Å². The molecule has 1 amide bonds. The number of nitrogens with two attached hydrogens (primary N) is 1. The monoisotopic (exact) mass is 362 g/mol. The van der Waals surface area contributed by atoms with Crippen LogP contribution in [0.2, 0.25) is 5.02 Å². The molecule has 1 aliphatic heterocycles. The third-order valence-electron chi connectivity index (χ3n) is 4.17. The number of amides is 1. The Balaban J connectivity index is 0.00000264. The summed E-state index contributed by atoms with van der Waals surface area (Å²) in [5.41, 5.74) is 6.27. The number of halogens is 2. The molecule has 0 unspecified atom stereocenters. The SMILES string of the molecule is CCC(CC)(CN)NC(=O)Cc1cc(Cl)c2c(c1)OCCO2.Cl. The van der Waals surface area contributed by atoms with Crippen molar-refractivity contribution in [1.29, 1.82) is 0 Å². The van der Waals surface area contributed by atoms with E-state index in [2.05, 4.69) is 5.32 Å². The van der Waals surface area contributed by atoms with Gasteiger partial charge in [-0.05, 0) is 30.5 Å². The van der Waals surface area contributed by atoms with E-state index < -0.39 is 0 Å². The van der Waals surface area contributed by atoms with Crippen molar-refractivity contribution in [2.45, 2.75) is 38.6 Å². The Hall–Kier alpha value is -1.17. The lowest BCUT2D eigenvalue weighted by Crippen LogP contribution is -2.53. The van der Waals surface area contributed by atoms with Crippen LogP contribution < -0.4 is 20.5 Å². The maximum atomic E-state index is 12.3. The van der Waals surface area contributed by atoms with E-state index in [0.29, 0.717) is 36.3 Å². The summed E-state index contributed by atoms with van der Waals surface area (Å²) in [5, 5.41) is 3.52. The van der Waals surface area contributed by atoms with Gasteiger partial charge in [0.25, 0.3) is 0 Å². The number of fused-ring (bicyclic) bond motifs is 1. The highest BCUT2D eigenvalue weighted by Crippen LogP contribution is 2.38. The summed E-state index contributed by atoms with van der Waals surface area (Å²) >= 11 is 6.19. The zero-order valence-electron chi connectivity index (χ0n) is 13.5. The molecule has 0 saturated heterocycles. The number of hydrogen-bond acceptors (Lipinski definition) is 4. The third-order valence-corrected chi connectivity index (χ3v) is 4.45. The first-order valence-corrected chi connectivity index (χ1v) is 8.00. The van der Waals surface area contributed by atoms with Gasteiger partial charge in [0.1, 0.15) is 13.2 Å². The molecule has 1 heterocycles. The molecule has 0 radical (unpaired) electrons. The molecule has 0 aromatic heterocycles. The van der Waals surface area contributed by atoms with E-state index in [-0.39, 0.29) is 30.3 Å². The van der Waals surface area contributed by atoms with E-state index in [1.54, 1.807) is 6.07 Å². The number of ether oxygens (including phenoxy) is 2. The topological polar surface area (TPSA) is 73.6 Å². The predicted octanol–water partition coefficient (Wildman–Crippen LogP) is 2.71. The van der Waals surface area contributed by atoms with Gasteiger partial charge in [-0.15, -0.1) is 12.4 Å². The van der Waals surface area contributed by atoms with Gasteiger partial charge in [-0.2, -0.15) is 0 Å². The van der Waals surface area contributed by atoms with Crippen LogP contribution >= 0.6 is 24.0 Å². The molecule has 1 aromatic carbocycles. The Bertz CT molecular complexity index is 540. The lowest BCUT2D eigenvalue weighted by Gasteiger charge is -2.31. The van der Waals surface area contributed by atoms with Crippen LogP contribution in [0.3, 0.4) is 0 Å². The first-order valence-electron chi connectivity index (χ1n) is 7.62. The summed E-state index contributed by atoms with van der Waals surface area (Å²) in [5.74, 6) is 1.08. The van der Waals surface area contributed by atoms with Crippen molar-refractivity contribution >= 4 is 29.9 Å². The summed E-state index contributed by atoms with van der Waals surface area (Å²) in [7, 11) is 0. The minimum Gasteiger partial charge on any atom is -0.486 e. The average Bonchev–Trinajstić information content (AvgIpc) is 2.53. The molecule has 0 bridgehead atoms. The standard InChI is InChI=1S/C16H23ClN2O3.ClH/c1-3-16(4-2,10-18)19-14(20)9-11-7-12(17)15-13(8-11)21-5-6-22-15;/h7-8H,3-6,9-10,18H2,1-2H3,(H,19,20);1H. The van der Waals surface area contributed by atoms with Crippen LogP contribution in [-0.4, -0.2) is 31.2 Å². The van der Waals surface area contributed by atoms with Crippen LogP contribution in [0.4, 0.5) is 0 Å². The number of carbonyl (C=O) groups is 1. The van der Waals surface area contributed by atoms with Crippen LogP contribution in [-0.2, 0) is 11.2 Å². The van der Waals surface area contributed by atoms with E-state index in [4.69, 9.17) is 26.8 Å². The molecule has 23 heavy (non-hydrogen) atoms. The van der Waals surface area contributed by atoms with Crippen molar-refractivity contribution in [3.8, 4) is 11.5 Å². The van der Waals surface area contributed by atoms with E-state index in [1.807, 2.05) is 19.9 Å². The van der Waals surface area contributed by atoms with E-state index in [0.717, 1.165) is 18.4 Å². The molecule has 0 saturated carbocycles. The van der Waals surface area contributed by atoms with E-state index in [1.165, 1.54) is 0 Å². The first-order chi connectivity index (χ1) is 10.5. The van der Waals surface area contributed by atoms with Crippen molar-refractivity contribution in [2.75, 3.05) is 19.8 Å². The molecule has 3 N–H and O–H groups in total. The van der Waals surface area contributed by atoms with Crippen LogP contribution in [0.15, 0.2) is 12.1 Å². The molecular formula is C16H24Cl2N2O3. The average molecular weight is 363 g/mol. The molecule has 0 spiro atoms. The van der Waals surface area contributed by atoms with Gasteiger partial charge >= 0.3 is 0 Å². The fourth-order valence-electron chi connectivity index (χ4n) is 2.56. The Morgan fingerprint density at radius 3 is 2.57 bits per heavy atom. The highest BCUT2D eigenvalue weighted by Gasteiger charge is 2.26. The van der Waals surface area contributed by atoms with Crippen molar-refractivity contribution in [2.24, 2.45) is 5.73 Å². The summed E-state index contributed by atoms with van der Waals surface area (Å²) in [6, 6.07) is 3.55. The zero-order valence-corrected chi connectivity index (χ0v) is 15.1. The number of rotatable bonds is 6. The smallest absolute Gasteiger partial charge is 0.224 e. The van der Waals surface area contributed by atoms with Crippen molar-refractivity contribution in [3.63, 3.8) is 0 Å². The zero-order chi connectivity index (χ0) is 16.2. The van der Waals surface area contributed by atoms with Crippen LogP contribution in [0.25, 0.3) is 0 Å². The lowest BCUT2D eigenvalue weighted by molar-refractivity contribution is -0.122. The second kappa shape index (κ2) is 8.62. The molecule has 0 atom stereocenters. The first kappa shape index (κ1) is 19.9. The molecule has 130 valence electrons. The highest BCUT2D eigenvalue weighted by atomic mass is 35.5. The third kappa shape index (κ3) is 4.66. The molecule has 5 nitrogen and oxygen atoms in total. The summed E-state index contributed by atoms with van der Waals surface area (Å²) in [4.78, 5) is 12.3. The van der Waals surface area contributed by atoms with Gasteiger partial charge in [-0.1, -0.05) is 25.4 Å². The largest absolute Gasteiger partial charge is 0.486 e. The maximum Gasteiger partial charge on any atom is 0.224 e. The van der Waals surface area contributed by atoms with Crippen LogP contribution in [0.1, 0.15) is 32.3 Å². The molecule has 7 heteroatoms. The van der Waals surface area contributed by atoms with Crippen LogP contribution in [0, 0.1) is 0 Å². The minimum absolute atomic E-state index is 0. The van der Waals surface area contributed by atoms with Gasteiger partial charge < -0.3 is 20.5 Å². The lowest BCUT2D eigenvalue weighted by atomic mass is 9.92. The molecule has 1 aromatic rings. The molecular weight excluding hydrogens is 339 g/mol. The highest BCUT2D eigenvalue weighted by molar-refractivity contribution is 6.32. The number of nitrogens with one attached hydrogen (secondary N) is 1. The summed E-state index contributed by atoms with van der Waals surface area (Å²) in [6.45, 7) is 5.45. The molecule has 1 aliphatic rings. The Morgan fingerprint density at radius 1 is 1.30 bits per heavy atom. The predicted molar refractivity (Wildman–Crippen MR) is 93.9 cm³/mol. The summed E-state index contributed by atoms with van der Waals surface area (Å²) in [6.07, 6.45) is 1.83. The summed E-state index contributed by atoms with van der Waals surface area (Å²) < 4.78 is 11.0. The fraction of sp³-hybridized carbons (Fsp3) is 0.562. The minimum atomic E-state index is -0.339. The fourth-order valence-corrected chi connectivity index (χ4v) is 2.85. The maximum absolute atomic E-state index is 12.3. The molecule has 0 fully saturated rings. The Kier molecular flexibility index (Phi) is 7.45. The Morgan fingerprint density at radius 2 is 1.96 bits per heavy atom. The van der Waals surface area contributed by atoms with Gasteiger partial charge in [0.2, 0.25) is 5.91 Å². The second-order valence-electron chi connectivity index (χ2n) is 5.52. The van der Waals surface area contributed by atoms with E-state index in [9.17, 15) is 4.79 Å².